The molecule has 0 atom stereocenters. The largest absolute Gasteiger partial charge is 0.396 e. The zero-order valence-electron chi connectivity index (χ0n) is 7.27. The van der Waals surface area contributed by atoms with Crippen LogP contribution in [0.3, 0.4) is 0 Å². The zero-order chi connectivity index (χ0) is 9.42. The minimum atomic E-state index is 0.483. The molecule has 6 heteroatoms. The van der Waals surface area contributed by atoms with E-state index in [0.29, 0.717) is 23.9 Å². The van der Waals surface area contributed by atoms with Gasteiger partial charge >= 0.3 is 0 Å². The first kappa shape index (κ1) is 7.78. The lowest BCUT2D eigenvalue weighted by Gasteiger charge is -2.07. The summed E-state index contributed by atoms with van der Waals surface area (Å²) >= 11 is 0. The third-order valence-corrected chi connectivity index (χ3v) is 1.72. The normalized spacial score (nSPS) is 10.8. The maximum atomic E-state index is 5.67. The molecule has 0 radical (unpaired) electrons. The van der Waals surface area contributed by atoms with E-state index in [2.05, 4.69) is 4.98 Å². The van der Waals surface area contributed by atoms with Crippen molar-refractivity contribution in [3.05, 3.63) is 12.3 Å². The van der Waals surface area contributed by atoms with Gasteiger partial charge < -0.3 is 16.3 Å². The van der Waals surface area contributed by atoms with Crippen molar-refractivity contribution in [3.63, 3.8) is 0 Å². The molecule has 0 saturated heterocycles. The average Bonchev–Trinajstić information content (AvgIpc) is 2.57. The number of fused-ring (bicyclic) bond motifs is 1. The summed E-state index contributed by atoms with van der Waals surface area (Å²) in [6.07, 6.45) is 1.56. The highest BCUT2D eigenvalue weighted by atomic mass is 16.7. The zero-order valence-corrected chi connectivity index (χ0v) is 7.27. The second kappa shape index (κ2) is 2.58. The van der Waals surface area contributed by atoms with E-state index >= 15 is 0 Å². The molecule has 4 N–H and O–H groups in total. The van der Waals surface area contributed by atoms with Crippen LogP contribution < -0.4 is 16.3 Å². The molecule has 0 unspecified atom stereocenters. The Morgan fingerprint density at radius 1 is 1.46 bits per heavy atom. The van der Waals surface area contributed by atoms with E-state index in [-0.39, 0.29) is 0 Å². The fraction of sp³-hybridized carbons (Fsp3) is 0.286. The first-order chi connectivity index (χ1) is 6.24. The molecule has 0 aliphatic carbocycles. The van der Waals surface area contributed by atoms with Crippen LogP contribution >= 0.6 is 0 Å². The van der Waals surface area contributed by atoms with Crippen LogP contribution in [-0.2, 0) is 0 Å². The van der Waals surface area contributed by atoms with Crippen LogP contribution in [0.5, 0.6) is 0 Å². The molecule has 2 aromatic rings. The second-order valence-electron chi connectivity index (χ2n) is 2.61. The van der Waals surface area contributed by atoms with Crippen LogP contribution in [0.1, 0.15) is 6.92 Å². The lowest BCUT2D eigenvalue weighted by Crippen LogP contribution is -2.19. The van der Waals surface area contributed by atoms with Gasteiger partial charge in [0.15, 0.2) is 11.5 Å². The van der Waals surface area contributed by atoms with E-state index in [1.54, 1.807) is 16.8 Å². The first-order valence-corrected chi connectivity index (χ1v) is 3.97. The molecule has 70 valence electrons. The van der Waals surface area contributed by atoms with E-state index in [1.165, 1.54) is 4.85 Å². The van der Waals surface area contributed by atoms with Gasteiger partial charge in [0.05, 0.1) is 6.20 Å². The Balaban J connectivity index is 2.67. The first-order valence-electron chi connectivity index (χ1n) is 3.97. The van der Waals surface area contributed by atoms with Crippen molar-refractivity contribution in [2.45, 2.75) is 6.92 Å². The Bertz CT molecular complexity index is 429. The second-order valence-corrected chi connectivity index (χ2v) is 2.61. The molecule has 0 bridgehead atoms. The molecule has 0 aliphatic heterocycles. The van der Waals surface area contributed by atoms with Gasteiger partial charge in [0.1, 0.15) is 12.4 Å². The van der Waals surface area contributed by atoms with Crippen molar-refractivity contribution in [3.8, 4) is 0 Å². The predicted molar refractivity (Wildman–Crippen MR) is 49.1 cm³/mol. The highest BCUT2D eigenvalue weighted by Crippen LogP contribution is 2.13. The number of aromatic nitrogens is 3. The number of nitrogens with zero attached hydrogens (tertiary/aromatic N) is 3. The summed E-state index contributed by atoms with van der Waals surface area (Å²) in [7, 11) is 0. The number of hydrogen-bond donors (Lipinski definition) is 2. The summed E-state index contributed by atoms with van der Waals surface area (Å²) in [4.78, 5) is 10.7. The molecule has 0 fully saturated rings. The molecule has 6 nitrogen and oxygen atoms in total. The average molecular weight is 181 g/mol. The van der Waals surface area contributed by atoms with Gasteiger partial charge in [-0.05, 0) is 6.92 Å². The van der Waals surface area contributed by atoms with Crippen molar-refractivity contribution in [2.24, 2.45) is 0 Å². The predicted octanol–water partition coefficient (Wildman–Crippen LogP) is -0.251. The number of anilines is 2. The van der Waals surface area contributed by atoms with Crippen molar-refractivity contribution in [2.75, 3.05) is 18.1 Å². The van der Waals surface area contributed by atoms with E-state index in [9.17, 15) is 0 Å². The molecule has 0 spiro atoms. The Labute approximate surface area is 74.6 Å². The molecule has 0 aliphatic rings. The minimum Gasteiger partial charge on any atom is -0.396 e. The Hall–Kier alpha value is -1.85. The molecular formula is C7H11N5O. The fourth-order valence-electron chi connectivity index (χ4n) is 1.23. The SMILES string of the molecule is CCOn1c(N)cc2ncc(N)n21. The maximum Gasteiger partial charge on any atom is 0.163 e. The van der Waals surface area contributed by atoms with Gasteiger partial charge in [0.2, 0.25) is 0 Å². The maximum absolute atomic E-state index is 5.67. The number of hydrogen-bond acceptors (Lipinski definition) is 4. The standard InChI is InChI=1S/C7H11N5O/c1-2-13-12-5(8)3-7-10-4-6(9)11(7)12/h3-4H,2,8-9H2,1H3. The Kier molecular flexibility index (Phi) is 1.54. The van der Waals surface area contributed by atoms with Gasteiger partial charge in [-0.25, -0.2) is 4.98 Å². The highest BCUT2D eigenvalue weighted by Gasteiger charge is 2.09. The number of nitrogen functional groups attached to an aromatic ring is 2. The minimum absolute atomic E-state index is 0.483. The van der Waals surface area contributed by atoms with E-state index in [0.717, 1.165) is 0 Å². The topological polar surface area (TPSA) is 83.5 Å². The molecule has 13 heavy (non-hydrogen) atoms. The highest BCUT2D eigenvalue weighted by molar-refractivity contribution is 5.54. The number of nitrogens with two attached hydrogens (primary N) is 2. The van der Waals surface area contributed by atoms with E-state index < -0.39 is 0 Å². The van der Waals surface area contributed by atoms with Crippen molar-refractivity contribution < 1.29 is 4.84 Å². The lowest BCUT2D eigenvalue weighted by atomic mass is 10.6. The van der Waals surface area contributed by atoms with Crippen LogP contribution in [0.2, 0.25) is 0 Å². The molecule has 2 rings (SSSR count). The molecule has 0 aromatic carbocycles. The summed E-state index contributed by atoms with van der Waals surface area (Å²) in [5.74, 6) is 0.983. The molecule has 0 amide bonds. The number of rotatable bonds is 2. The summed E-state index contributed by atoms with van der Waals surface area (Å²) < 4.78 is 1.61. The van der Waals surface area contributed by atoms with Crippen molar-refractivity contribution in [1.82, 2.24) is 14.3 Å². The van der Waals surface area contributed by atoms with Gasteiger partial charge in [-0.15, -0.1) is 0 Å². The van der Waals surface area contributed by atoms with Crippen LogP contribution in [0, 0.1) is 0 Å². The van der Waals surface area contributed by atoms with Gasteiger partial charge in [0, 0.05) is 6.07 Å². The van der Waals surface area contributed by atoms with Crippen LogP contribution in [0.15, 0.2) is 12.3 Å². The van der Waals surface area contributed by atoms with E-state index in [4.69, 9.17) is 16.3 Å². The summed E-state index contributed by atoms with van der Waals surface area (Å²) in [6.45, 7) is 2.39. The van der Waals surface area contributed by atoms with Crippen LogP contribution in [-0.4, -0.2) is 21.0 Å². The Morgan fingerprint density at radius 3 is 2.92 bits per heavy atom. The molecule has 0 saturated carbocycles. The van der Waals surface area contributed by atoms with Gasteiger partial charge in [-0.1, -0.05) is 4.85 Å². The van der Waals surface area contributed by atoms with Gasteiger partial charge in [-0.2, -0.15) is 4.52 Å². The quantitative estimate of drug-likeness (QED) is 0.669. The summed E-state index contributed by atoms with van der Waals surface area (Å²) in [5.41, 5.74) is 12.0. The number of imidazole rings is 1. The van der Waals surface area contributed by atoms with Crippen LogP contribution in [0.4, 0.5) is 11.6 Å². The third-order valence-electron chi connectivity index (χ3n) is 1.72. The fourth-order valence-corrected chi connectivity index (χ4v) is 1.23. The van der Waals surface area contributed by atoms with Crippen molar-refractivity contribution >= 4 is 17.3 Å². The monoisotopic (exact) mass is 181 g/mol. The van der Waals surface area contributed by atoms with Gasteiger partial charge in [-0.3, -0.25) is 0 Å². The molecular weight excluding hydrogens is 170 g/mol. The Morgan fingerprint density at radius 2 is 2.23 bits per heavy atom. The van der Waals surface area contributed by atoms with E-state index in [1.807, 2.05) is 6.92 Å². The summed E-state index contributed by atoms with van der Waals surface area (Å²) in [6, 6.07) is 1.70. The van der Waals surface area contributed by atoms with Gasteiger partial charge in [0.25, 0.3) is 0 Å². The molecule has 2 aromatic heterocycles. The summed E-state index contributed by atoms with van der Waals surface area (Å²) in [5, 5.41) is 0. The smallest absolute Gasteiger partial charge is 0.163 e. The molecule has 2 heterocycles. The van der Waals surface area contributed by atoms with Crippen LogP contribution in [0.25, 0.3) is 5.65 Å². The van der Waals surface area contributed by atoms with Crippen molar-refractivity contribution in [1.29, 1.82) is 0 Å². The lowest BCUT2D eigenvalue weighted by molar-refractivity contribution is 0.0904. The third kappa shape index (κ3) is 0.986.